The first-order chi connectivity index (χ1) is 7.11. The average Bonchev–Trinajstić information content (AvgIpc) is 2.60. The van der Waals surface area contributed by atoms with Crippen LogP contribution in [0.3, 0.4) is 0 Å². The van der Waals surface area contributed by atoms with Crippen molar-refractivity contribution < 1.29 is 4.42 Å². The molecule has 0 saturated carbocycles. The fourth-order valence-corrected chi connectivity index (χ4v) is 1.92. The van der Waals surface area contributed by atoms with Gasteiger partial charge in [-0.3, -0.25) is 0 Å². The lowest BCUT2D eigenvalue weighted by molar-refractivity contribution is 0.595. The van der Waals surface area contributed by atoms with E-state index in [2.05, 4.69) is 38.7 Å². The molecule has 0 aliphatic rings. The van der Waals surface area contributed by atoms with Crippen LogP contribution >= 0.6 is 0 Å². The maximum absolute atomic E-state index is 5.49. The fraction of sp³-hybridized carbons (Fsp3) is 0.462. The lowest BCUT2D eigenvalue weighted by Gasteiger charge is -2.09. The van der Waals surface area contributed by atoms with E-state index in [1.165, 1.54) is 16.5 Å². The Bertz CT molecular complexity index is 468. The van der Waals surface area contributed by atoms with Crippen molar-refractivity contribution in [3.05, 3.63) is 29.7 Å². The molecule has 2 aromatic rings. The summed E-state index contributed by atoms with van der Waals surface area (Å²) in [5.41, 5.74) is 3.36. The van der Waals surface area contributed by atoms with Gasteiger partial charge in [-0.2, -0.15) is 0 Å². The van der Waals surface area contributed by atoms with Crippen LogP contribution in [0.1, 0.15) is 50.7 Å². The summed E-state index contributed by atoms with van der Waals surface area (Å²) in [5, 5.41) is 1.21. The minimum absolute atomic E-state index is 0.480. The standard InChI is InChI=1S/C13H17NO/c1-8(2)10-5-6-14-13-12(10)11(7-15-13)9(3)4/h5-9H,1-4H3. The molecule has 0 spiro atoms. The summed E-state index contributed by atoms with van der Waals surface area (Å²) in [4.78, 5) is 4.26. The molecule has 0 fully saturated rings. The first-order valence-corrected chi connectivity index (χ1v) is 5.47. The first-order valence-electron chi connectivity index (χ1n) is 5.47. The molecular formula is C13H17NO. The van der Waals surface area contributed by atoms with Gasteiger partial charge in [-0.1, -0.05) is 27.7 Å². The third-order valence-corrected chi connectivity index (χ3v) is 2.78. The van der Waals surface area contributed by atoms with Crippen molar-refractivity contribution in [2.24, 2.45) is 0 Å². The highest BCUT2D eigenvalue weighted by molar-refractivity contribution is 5.82. The summed E-state index contributed by atoms with van der Waals surface area (Å²) in [6, 6.07) is 2.09. The Labute approximate surface area is 90.3 Å². The number of hydrogen-bond donors (Lipinski definition) is 0. The third-order valence-electron chi connectivity index (χ3n) is 2.78. The Morgan fingerprint density at radius 2 is 1.73 bits per heavy atom. The number of hydrogen-bond acceptors (Lipinski definition) is 2. The molecule has 0 radical (unpaired) electrons. The van der Waals surface area contributed by atoms with E-state index >= 15 is 0 Å². The third kappa shape index (κ3) is 1.65. The molecule has 0 aromatic carbocycles. The number of pyridine rings is 1. The smallest absolute Gasteiger partial charge is 0.226 e. The Morgan fingerprint density at radius 1 is 1.07 bits per heavy atom. The summed E-state index contributed by atoms with van der Waals surface area (Å²) in [5.74, 6) is 0.985. The molecule has 2 heteroatoms. The largest absolute Gasteiger partial charge is 0.446 e. The molecule has 2 rings (SSSR count). The summed E-state index contributed by atoms with van der Waals surface area (Å²) in [6.07, 6.45) is 3.67. The van der Waals surface area contributed by atoms with Gasteiger partial charge < -0.3 is 4.42 Å². The van der Waals surface area contributed by atoms with E-state index in [-0.39, 0.29) is 0 Å². The van der Waals surface area contributed by atoms with Gasteiger partial charge in [0.05, 0.1) is 6.26 Å². The number of rotatable bonds is 2. The lowest BCUT2D eigenvalue weighted by Crippen LogP contribution is -1.93. The number of aromatic nitrogens is 1. The van der Waals surface area contributed by atoms with Gasteiger partial charge in [-0.15, -0.1) is 0 Å². The van der Waals surface area contributed by atoms with Gasteiger partial charge in [0.15, 0.2) is 0 Å². The second-order valence-electron chi connectivity index (χ2n) is 4.58. The predicted molar refractivity (Wildman–Crippen MR) is 62.2 cm³/mol. The normalized spacial score (nSPS) is 11.9. The van der Waals surface area contributed by atoms with Crippen molar-refractivity contribution in [3.8, 4) is 0 Å². The van der Waals surface area contributed by atoms with Gasteiger partial charge in [0.25, 0.3) is 0 Å². The molecule has 0 aliphatic carbocycles. The number of fused-ring (bicyclic) bond motifs is 1. The molecule has 80 valence electrons. The van der Waals surface area contributed by atoms with E-state index in [1.807, 2.05) is 12.5 Å². The Balaban J connectivity index is 2.75. The van der Waals surface area contributed by atoms with Crippen LogP contribution in [0, 0.1) is 0 Å². The highest BCUT2D eigenvalue weighted by Gasteiger charge is 2.15. The zero-order chi connectivity index (χ0) is 11.0. The van der Waals surface area contributed by atoms with E-state index in [0.29, 0.717) is 11.8 Å². The van der Waals surface area contributed by atoms with Gasteiger partial charge in [-0.25, -0.2) is 4.98 Å². The summed E-state index contributed by atoms with van der Waals surface area (Å²) < 4.78 is 5.49. The van der Waals surface area contributed by atoms with Crippen LogP contribution in [-0.4, -0.2) is 4.98 Å². The highest BCUT2D eigenvalue weighted by Crippen LogP contribution is 2.32. The molecule has 0 aliphatic heterocycles. The molecular weight excluding hydrogens is 186 g/mol. The molecule has 0 saturated heterocycles. The first kappa shape index (κ1) is 10.2. The van der Waals surface area contributed by atoms with Gasteiger partial charge in [0, 0.05) is 17.1 Å². The Hall–Kier alpha value is -1.31. The molecule has 0 atom stereocenters. The zero-order valence-corrected chi connectivity index (χ0v) is 9.74. The topological polar surface area (TPSA) is 26.0 Å². The Kier molecular flexibility index (Phi) is 2.51. The molecule has 0 N–H and O–H groups in total. The van der Waals surface area contributed by atoms with E-state index in [4.69, 9.17) is 4.42 Å². The van der Waals surface area contributed by atoms with Gasteiger partial charge in [0.1, 0.15) is 0 Å². The van der Waals surface area contributed by atoms with Crippen LogP contribution in [0.15, 0.2) is 22.9 Å². The van der Waals surface area contributed by atoms with E-state index in [1.54, 1.807) is 0 Å². The monoisotopic (exact) mass is 203 g/mol. The van der Waals surface area contributed by atoms with Crippen LogP contribution in [0.4, 0.5) is 0 Å². The molecule has 15 heavy (non-hydrogen) atoms. The number of nitrogens with zero attached hydrogens (tertiary/aromatic N) is 1. The van der Waals surface area contributed by atoms with Crippen molar-refractivity contribution in [1.29, 1.82) is 0 Å². The summed E-state index contributed by atoms with van der Waals surface area (Å²) >= 11 is 0. The minimum atomic E-state index is 0.480. The van der Waals surface area contributed by atoms with Gasteiger partial charge in [0.2, 0.25) is 5.71 Å². The van der Waals surface area contributed by atoms with Crippen LogP contribution < -0.4 is 0 Å². The zero-order valence-electron chi connectivity index (χ0n) is 9.74. The molecule has 0 unspecified atom stereocenters. The van der Waals surface area contributed by atoms with Crippen LogP contribution in [0.2, 0.25) is 0 Å². The molecule has 2 nitrogen and oxygen atoms in total. The van der Waals surface area contributed by atoms with Crippen LogP contribution in [0.5, 0.6) is 0 Å². The Morgan fingerprint density at radius 3 is 2.33 bits per heavy atom. The maximum atomic E-state index is 5.49. The van der Waals surface area contributed by atoms with Crippen LogP contribution in [-0.2, 0) is 0 Å². The second-order valence-corrected chi connectivity index (χ2v) is 4.58. The van der Waals surface area contributed by atoms with Crippen molar-refractivity contribution in [2.75, 3.05) is 0 Å². The minimum Gasteiger partial charge on any atom is -0.446 e. The summed E-state index contributed by atoms with van der Waals surface area (Å²) in [7, 11) is 0. The SMILES string of the molecule is CC(C)c1ccnc2occ(C(C)C)c12. The maximum Gasteiger partial charge on any atom is 0.226 e. The average molecular weight is 203 g/mol. The van der Waals surface area contributed by atoms with Crippen molar-refractivity contribution in [2.45, 2.75) is 39.5 Å². The molecule has 2 aromatic heterocycles. The van der Waals surface area contributed by atoms with Gasteiger partial charge in [-0.05, 0) is 23.5 Å². The second kappa shape index (κ2) is 3.69. The van der Waals surface area contributed by atoms with Crippen molar-refractivity contribution in [3.63, 3.8) is 0 Å². The fourth-order valence-electron chi connectivity index (χ4n) is 1.92. The van der Waals surface area contributed by atoms with Gasteiger partial charge >= 0.3 is 0 Å². The van der Waals surface area contributed by atoms with E-state index < -0.39 is 0 Å². The number of furan rings is 1. The molecule has 2 heterocycles. The quantitative estimate of drug-likeness (QED) is 0.735. The van der Waals surface area contributed by atoms with Crippen molar-refractivity contribution >= 4 is 11.1 Å². The summed E-state index contributed by atoms with van der Waals surface area (Å²) in [6.45, 7) is 8.76. The van der Waals surface area contributed by atoms with Crippen LogP contribution in [0.25, 0.3) is 11.1 Å². The predicted octanol–water partition coefficient (Wildman–Crippen LogP) is 4.07. The van der Waals surface area contributed by atoms with Crippen molar-refractivity contribution in [1.82, 2.24) is 4.98 Å². The molecule has 0 bridgehead atoms. The van der Waals surface area contributed by atoms with E-state index in [9.17, 15) is 0 Å². The molecule has 0 amide bonds. The van der Waals surface area contributed by atoms with E-state index in [0.717, 1.165) is 5.71 Å². The lowest BCUT2D eigenvalue weighted by atomic mass is 9.95. The highest BCUT2D eigenvalue weighted by atomic mass is 16.3.